The normalized spacial score (nSPS) is 25.6. The number of piperazine rings is 1. The second-order valence-corrected chi connectivity index (χ2v) is 15.2. The van der Waals surface area contributed by atoms with E-state index in [0.717, 1.165) is 37.0 Å². The van der Waals surface area contributed by atoms with Gasteiger partial charge < -0.3 is 9.64 Å². The molecule has 3 fully saturated rings. The molecule has 13 heteroatoms. The zero-order valence-electron chi connectivity index (χ0n) is 20.8. The van der Waals surface area contributed by atoms with E-state index in [1.54, 1.807) is 4.90 Å². The predicted molar refractivity (Wildman–Crippen MR) is 136 cm³/mol. The second kappa shape index (κ2) is 11.1. The van der Waals surface area contributed by atoms with Crippen molar-refractivity contribution in [2.24, 2.45) is 17.8 Å². The smallest absolute Gasteiger partial charge is 0.348 e. The third-order valence-corrected chi connectivity index (χ3v) is 12.4. The van der Waals surface area contributed by atoms with Crippen molar-refractivity contribution in [1.29, 1.82) is 0 Å². The van der Waals surface area contributed by atoms with Crippen LogP contribution >= 0.6 is 11.3 Å². The summed E-state index contributed by atoms with van der Waals surface area (Å²) in [6, 6.07) is 2.88. The molecular weight excluding hydrogens is 526 g/mol. The molecule has 0 radical (unpaired) electrons. The summed E-state index contributed by atoms with van der Waals surface area (Å²) in [5.74, 6) is -0.708. The summed E-state index contributed by atoms with van der Waals surface area (Å²) < 4.78 is 58.5. The van der Waals surface area contributed by atoms with Crippen molar-refractivity contribution in [1.82, 2.24) is 13.5 Å². The molecule has 2 aliphatic heterocycles. The van der Waals surface area contributed by atoms with E-state index in [2.05, 4.69) is 0 Å². The summed E-state index contributed by atoms with van der Waals surface area (Å²) in [5.41, 5.74) is 0. The van der Waals surface area contributed by atoms with Gasteiger partial charge in [0.1, 0.15) is 9.09 Å². The lowest BCUT2D eigenvalue weighted by Crippen LogP contribution is -2.55. The van der Waals surface area contributed by atoms with Crippen molar-refractivity contribution in [2.75, 3.05) is 52.6 Å². The van der Waals surface area contributed by atoms with E-state index in [1.807, 2.05) is 0 Å². The minimum Gasteiger partial charge on any atom is -0.465 e. The summed E-state index contributed by atoms with van der Waals surface area (Å²) in [6.07, 6.45) is 7.31. The van der Waals surface area contributed by atoms with Crippen LogP contribution in [-0.2, 0) is 29.6 Å². The van der Waals surface area contributed by atoms with Crippen LogP contribution in [0.15, 0.2) is 16.3 Å². The number of methoxy groups -OCH3 is 1. The first kappa shape index (κ1) is 27.5. The van der Waals surface area contributed by atoms with Crippen LogP contribution in [0.2, 0.25) is 0 Å². The maximum Gasteiger partial charge on any atom is 0.348 e. The first-order chi connectivity index (χ1) is 17.0. The van der Waals surface area contributed by atoms with Gasteiger partial charge in [0.05, 0.1) is 19.3 Å². The molecule has 3 heterocycles. The number of nitrogens with zero attached hydrogens (tertiary/aromatic N) is 3. The number of ether oxygens (including phenoxy) is 1. The second-order valence-electron chi connectivity index (χ2n) is 10.0. The van der Waals surface area contributed by atoms with E-state index < -0.39 is 31.9 Å². The van der Waals surface area contributed by atoms with Gasteiger partial charge in [-0.1, -0.05) is 32.1 Å². The van der Waals surface area contributed by atoms with E-state index in [4.69, 9.17) is 4.74 Å². The highest BCUT2D eigenvalue weighted by molar-refractivity contribution is 7.91. The van der Waals surface area contributed by atoms with Crippen LogP contribution in [0.3, 0.4) is 0 Å². The summed E-state index contributed by atoms with van der Waals surface area (Å²) >= 11 is 0.881. The van der Waals surface area contributed by atoms with Crippen molar-refractivity contribution in [3.8, 4) is 0 Å². The Morgan fingerprint density at radius 2 is 1.58 bits per heavy atom. The molecule has 1 aromatic heterocycles. The summed E-state index contributed by atoms with van der Waals surface area (Å²) in [6.45, 7) is 1.55. The van der Waals surface area contributed by atoms with Crippen LogP contribution in [0.1, 0.15) is 48.2 Å². The zero-order valence-corrected chi connectivity index (χ0v) is 23.2. The SMILES string of the molecule is COC(=O)c1ccc(S(=O)(=O)N2C[C@H](C(=O)N3CCN(S(C)(=O)=O)CC3)C[C@H](C3CCCCC3)C2)s1. The fraction of sp³-hybridized carbons (Fsp3) is 0.739. The van der Waals surface area contributed by atoms with Gasteiger partial charge in [0.15, 0.2) is 0 Å². The van der Waals surface area contributed by atoms with Crippen molar-refractivity contribution >= 4 is 43.3 Å². The number of sulfonamides is 2. The number of carbonyl (C=O) groups is 2. The van der Waals surface area contributed by atoms with Gasteiger partial charge in [0, 0.05) is 39.3 Å². The third-order valence-electron chi connectivity index (χ3n) is 7.70. The molecular formula is C23H35N3O7S3. The maximum atomic E-state index is 13.6. The topological polar surface area (TPSA) is 121 Å². The fourth-order valence-corrected chi connectivity index (χ4v) is 9.46. The van der Waals surface area contributed by atoms with Crippen molar-refractivity contribution in [3.05, 3.63) is 17.0 Å². The number of thiophene rings is 1. The molecule has 0 bridgehead atoms. The average Bonchev–Trinajstić information content (AvgIpc) is 3.39. The minimum atomic E-state index is -3.89. The van der Waals surface area contributed by atoms with Crippen molar-refractivity contribution in [2.45, 2.75) is 42.7 Å². The molecule has 1 amide bonds. The third kappa shape index (κ3) is 5.95. The molecule has 1 aliphatic carbocycles. The Morgan fingerprint density at radius 3 is 2.19 bits per heavy atom. The zero-order chi connectivity index (χ0) is 26.1. The predicted octanol–water partition coefficient (Wildman–Crippen LogP) is 1.85. The van der Waals surface area contributed by atoms with Crippen molar-refractivity contribution in [3.63, 3.8) is 0 Å². The first-order valence-corrected chi connectivity index (χ1v) is 16.5. The number of amides is 1. The number of piperidine rings is 1. The molecule has 1 saturated carbocycles. The highest BCUT2D eigenvalue weighted by Crippen LogP contribution is 2.39. The molecule has 202 valence electrons. The molecule has 0 unspecified atom stereocenters. The average molecular weight is 562 g/mol. The largest absolute Gasteiger partial charge is 0.465 e. The number of rotatable bonds is 6. The van der Waals surface area contributed by atoms with Gasteiger partial charge in [-0.25, -0.2) is 21.6 Å². The van der Waals surface area contributed by atoms with Gasteiger partial charge in [-0.05, 0) is 30.4 Å². The maximum absolute atomic E-state index is 13.6. The Bertz CT molecular complexity index is 1170. The standard InChI is InChI=1S/C23H35N3O7S3/c1-33-23(28)20-8-9-21(34-20)36(31,32)26-15-18(17-6-4-3-5-7-17)14-19(16-26)22(27)24-10-12-25(13-11-24)35(2,29)30/h8-9,17-19H,3-7,10-16H2,1-2H3/t18-,19+/m0/s1. The monoisotopic (exact) mass is 561 g/mol. The minimum absolute atomic E-state index is 0.0696. The van der Waals surface area contributed by atoms with Gasteiger partial charge in [-0.3, -0.25) is 4.79 Å². The Morgan fingerprint density at radius 1 is 0.917 bits per heavy atom. The molecule has 0 N–H and O–H groups in total. The van der Waals surface area contributed by atoms with Crippen LogP contribution in [0.25, 0.3) is 0 Å². The Balaban J connectivity index is 1.54. The molecule has 10 nitrogen and oxygen atoms in total. The van der Waals surface area contributed by atoms with Gasteiger partial charge >= 0.3 is 5.97 Å². The first-order valence-electron chi connectivity index (χ1n) is 12.4. The number of carbonyl (C=O) groups excluding carboxylic acids is 2. The Hall–Kier alpha value is -1.54. The molecule has 1 aromatic rings. The van der Waals surface area contributed by atoms with Crippen molar-refractivity contribution < 1.29 is 31.2 Å². The van der Waals surface area contributed by atoms with Crippen LogP contribution in [0, 0.1) is 17.8 Å². The van der Waals surface area contributed by atoms with E-state index in [0.29, 0.717) is 32.0 Å². The molecule has 4 rings (SSSR count). The fourth-order valence-electron chi connectivity index (χ4n) is 5.71. The van der Waals surface area contributed by atoms with E-state index in [1.165, 1.54) is 40.5 Å². The van der Waals surface area contributed by atoms with Crippen LogP contribution in [-0.4, -0.2) is 94.9 Å². The lowest BCUT2D eigenvalue weighted by molar-refractivity contribution is -0.139. The number of hydrogen-bond acceptors (Lipinski definition) is 8. The van der Waals surface area contributed by atoms with Crippen LogP contribution < -0.4 is 0 Å². The van der Waals surface area contributed by atoms with E-state index in [-0.39, 0.29) is 40.5 Å². The van der Waals surface area contributed by atoms with Gasteiger partial charge in [-0.2, -0.15) is 8.61 Å². The molecule has 36 heavy (non-hydrogen) atoms. The number of hydrogen-bond donors (Lipinski definition) is 0. The van der Waals surface area contributed by atoms with Gasteiger partial charge in [0.25, 0.3) is 10.0 Å². The lowest BCUT2D eigenvalue weighted by atomic mass is 9.74. The molecule has 0 aromatic carbocycles. The number of esters is 1. The Kier molecular flexibility index (Phi) is 8.45. The van der Waals surface area contributed by atoms with E-state index >= 15 is 0 Å². The van der Waals surface area contributed by atoms with Gasteiger partial charge in [0.2, 0.25) is 15.9 Å². The quantitative estimate of drug-likeness (QED) is 0.486. The molecule has 0 spiro atoms. The molecule has 2 saturated heterocycles. The highest BCUT2D eigenvalue weighted by Gasteiger charge is 2.42. The summed E-state index contributed by atoms with van der Waals surface area (Å²) in [4.78, 5) is 27.3. The highest BCUT2D eigenvalue weighted by atomic mass is 32.2. The molecule has 3 aliphatic rings. The van der Waals surface area contributed by atoms with Crippen LogP contribution in [0.4, 0.5) is 0 Å². The Labute approximate surface area is 217 Å². The summed E-state index contributed by atoms with van der Waals surface area (Å²) in [7, 11) is -5.95. The summed E-state index contributed by atoms with van der Waals surface area (Å²) in [5, 5.41) is 0. The lowest BCUT2D eigenvalue weighted by Gasteiger charge is -2.43. The van der Waals surface area contributed by atoms with Gasteiger partial charge in [-0.15, -0.1) is 11.3 Å². The molecule has 2 atom stereocenters. The van der Waals surface area contributed by atoms with E-state index in [9.17, 15) is 26.4 Å². The van der Waals surface area contributed by atoms with Crippen LogP contribution in [0.5, 0.6) is 0 Å².